The zero-order chi connectivity index (χ0) is 23.9. The van der Waals surface area contributed by atoms with Crippen molar-refractivity contribution in [2.24, 2.45) is 0 Å². The van der Waals surface area contributed by atoms with Crippen LogP contribution in [0.25, 0.3) is 17.2 Å². The van der Waals surface area contributed by atoms with Gasteiger partial charge in [0.05, 0.1) is 5.69 Å². The minimum absolute atomic E-state index is 0.112. The fraction of sp³-hybridized carbons (Fsp3) is 0.235. The molecule has 1 heterocycles. The quantitative estimate of drug-likeness (QED) is 0.344. The smallest absolute Gasteiger partial charge is 0.380 e. The SMILES string of the molecule is O=S(=O)(OC1=Cc2ncc(-c3ccc(OS(=O)(=O)C(F)(F)F)cc3)cc2CC1)C(F)(F)F. The molecule has 1 aliphatic carbocycles. The van der Waals surface area contributed by atoms with Crippen LogP contribution < -0.4 is 4.18 Å². The van der Waals surface area contributed by atoms with Crippen molar-refractivity contribution in [2.75, 3.05) is 0 Å². The van der Waals surface area contributed by atoms with Crippen LogP contribution >= 0.6 is 0 Å². The molecule has 0 atom stereocenters. The molecule has 1 aromatic heterocycles. The van der Waals surface area contributed by atoms with Gasteiger partial charge in [-0.2, -0.15) is 43.2 Å². The average Bonchev–Trinajstić information content (AvgIpc) is 2.66. The molecule has 32 heavy (non-hydrogen) atoms. The van der Waals surface area contributed by atoms with Crippen LogP contribution in [0.3, 0.4) is 0 Å². The van der Waals surface area contributed by atoms with E-state index in [0.29, 0.717) is 16.7 Å². The number of rotatable bonds is 5. The molecule has 0 saturated carbocycles. The first-order valence-electron chi connectivity index (χ1n) is 8.40. The van der Waals surface area contributed by atoms with Crippen LogP contribution in [-0.4, -0.2) is 32.8 Å². The van der Waals surface area contributed by atoms with Gasteiger partial charge in [0.25, 0.3) is 0 Å². The second kappa shape index (κ2) is 7.95. The highest BCUT2D eigenvalue weighted by atomic mass is 32.2. The molecule has 0 N–H and O–H groups in total. The summed E-state index contributed by atoms with van der Waals surface area (Å²) >= 11 is 0. The highest BCUT2D eigenvalue weighted by molar-refractivity contribution is 7.88. The van der Waals surface area contributed by atoms with E-state index in [1.807, 2.05) is 0 Å². The summed E-state index contributed by atoms with van der Waals surface area (Å²) in [5, 5.41) is 0. The summed E-state index contributed by atoms with van der Waals surface area (Å²) in [4.78, 5) is 4.04. The molecule has 0 saturated heterocycles. The maximum Gasteiger partial charge on any atom is 0.534 e. The van der Waals surface area contributed by atoms with Crippen molar-refractivity contribution in [1.29, 1.82) is 0 Å². The van der Waals surface area contributed by atoms with E-state index >= 15 is 0 Å². The summed E-state index contributed by atoms with van der Waals surface area (Å²) in [7, 11) is -11.6. The lowest BCUT2D eigenvalue weighted by Crippen LogP contribution is -2.28. The van der Waals surface area contributed by atoms with E-state index in [-0.39, 0.29) is 18.5 Å². The van der Waals surface area contributed by atoms with Crippen LogP contribution in [0.15, 0.2) is 42.3 Å². The number of hydrogen-bond acceptors (Lipinski definition) is 7. The molecule has 15 heteroatoms. The third kappa shape index (κ3) is 4.98. The molecule has 3 rings (SSSR count). The Morgan fingerprint density at radius 2 is 1.34 bits per heavy atom. The Labute approximate surface area is 177 Å². The Hall–Kier alpha value is -2.81. The first kappa shape index (κ1) is 23.8. The topological polar surface area (TPSA) is 99.6 Å². The summed E-state index contributed by atoms with van der Waals surface area (Å²) in [6.45, 7) is 0. The molecule has 0 fully saturated rings. The van der Waals surface area contributed by atoms with Gasteiger partial charge in [0.1, 0.15) is 11.5 Å². The summed E-state index contributed by atoms with van der Waals surface area (Å²) in [5.74, 6) is -0.991. The number of pyridine rings is 1. The molecule has 0 bridgehead atoms. The third-order valence-corrected chi connectivity index (χ3v) is 6.10. The predicted molar refractivity (Wildman–Crippen MR) is 97.6 cm³/mol. The van der Waals surface area contributed by atoms with E-state index in [9.17, 15) is 43.2 Å². The lowest BCUT2D eigenvalue weighted by atomic mass is 9.97. The van der Waals surface area contributed by atoms with Crippen LogP contribution in [0.4, 0.5) is 26.3 Å². The van der Waals surface area contributed by atoms with E-state index < -0.39 is 42.8 Å². The van der Waals surface area contributed by atoms with E-state index in [2.05, 4.69) is 13.4 Å². The first-order chi connectivity index (χ1) is 14.6. The lowest BCUT2D eigenvalue weighted by Gasteiger charge is -2.18. The Kier molecular flexibility index (Phi) is 5.93. The zero-order valence-electron chi connectivity index (χ0n) is 15.4. The van der Waals surface area contributed by atoms with Gasteiger partial charge in [0, 0.05) is 24.3 Å². The minimum atomic E-state index is -5.81. The molecule has 7 nitrogen and oxygen atoms in total. The van der Waals surface area contributed by atoms with Gasteiger partial charge in [-0.15, -0.1) is 0 Å². The van der Waals surface area contributed by atoms with Gasteiger partial charge in [-0.3, -0.25) is 4.98 Å². The number of allylic oxidation sites excluding steroid dienone is 1. The zero-order valence-corrected chi connectivity index (χ0v) is 17.1. The maximum atomic E-state index is 12.4. The molecular formula is C17H11F6NO6S2. The first-order valence-corrected chi connectivity index (χ1v) is 11.2. The van der Waals surface area contributed by atoms with Crippen molar-refractivity contribution in [3.8, 4) is 16.9 Å². The largest absolute Gasteiger partial charge is 0.534 e. The second-order valence-corrected chi connectivity index (χ2v) is 9.45. The van der Waals surface area contributed by atoms with Gasteiger partial charge in [0.2, 0.25) is 0 Å². The normalized spacial score (nSPS) is 15.0. The van der Waals surface area contributed by atoms with E-state index in [1.165, 1.54) is 18.3 Å². The van der Waals surface area contributed by atoms with E-state index in [0.717, 1.165) is 18.2 Å². The van der Waals surface area contributed by atoms with Gasteiger partial charge in [-0.1, -0.05) is 12.1 Å². The number of nitrogens with zero attached hydrogens (tertiary/aromatic N) is 1. The van der Waals surface area contributed by atoms with Gasteiger partial charge in [0.15, 0.2) is 0 Å². The van der Waals surface area contributed by atoms with Crippen molar-refractivity contribution in [3.05, 3.63) is 53.5 Å². The Balaban J connectivity index is 1.80. The number of alkyl halides is 6. The molecule has 0 unspecified atom stereocenters. The Morgan fingerprint density at radius 3 is 1.91 bits per heavy atom. The lowest BCUT2D eigenvalue weighted by molar-refractivity contribution is -0.0523. The molecule has 1 aromatic carbocycles. The van der Waals surface area contributed by atoms with Crippen LogP contribution in [0.5, 0.6) is 5.75 Å². The molecule has 174 valence electrons. The second-order valence-electron chi connectivity index (χ2n) is 6.37. The van der Waals surface area contributed by atoms with Crippen LogP contribution in [0.1, 0.15) is 17.7 Å². The predicted octanol–water partition coefficient (Wildman–Crippen LogP) is 4.13. The monoisotopic (exact) mass is 503 g/mol. The van der Waals surface area contributed by atoms with Crippen molar-refractivity contribution in [2.45, 2.75) is 23.9 Å². The average molecular weight is 503 g/mol. The van der Waals surface area contributed by atoms with E-state index in [4.69, 9.17) is 0 Å². The van der Waals surface area contributed by atoms with E-state index in [1.54, 1.807) is 6.07 Å². The van der Waals surface area contributed by atoms with Gasteiger partial charge < -0.3 is 8.37 Å². The van der Waals surface area contributed by atoms with Crippen LogP contribution in [-0.2, 0) is 30.8 Å². The molecule has 0 spiro atoms. The molecule has 0 aliphatic heterocycles. The summed E-state index contributed by atoms with van der Waals surface area (Å²) in [6.07, 6.45) is 2.32. The highest BCUT2D eigenvalue weighted by Gasteiger charge is 2.49. The number of aryl methyl sites for hydroxylation is 1. The molecule has 0 radical (unpaired) electrons. The molecule has 2 aromatic rings. The Bertz CT molecular complexity index is 1270. The van der Waals surface area contributed by atoms with Crippen molar-refractivity contribution < 1.29 is 51.5 Å². The molecule has 0 amide bonds. The minimum Gasteiger partial charge on any atom is -0.380 e. The standard InChI is InChI=1S/C17H11F6NO6S2/c18-16(19,20)31(25,26)29-13-4-1-10(2-5-13)12-7-11-3-6-14(8-15(11)24-9-12)30-32(27,28)17(21,22)23/h1-2,4-5,7-9H,3,6H2. The number of aromatic nitrogens is 1. The highest BCUT2D eigenvalue weighted by Crippen LogP contribution is 2.33. The fourth-order valence-electron chi connectivity index (χ4n) is 2.62. The summed E-state index contributed by atoms with van der Waals surface area (Å²) < 4.78 is 127. The van der Waals surface area contributed by atoms with Crippen molar-refractivity contribution in [1.82, 2.24) is 4.98 Å². The van der Waals surface area contributed by atoms with Gasteiger partial charge in [-0.25, -0.2) is 0 Å². The van der Waals surface area contributed by atoms with Crippen LogP contribution in [0, 0.1) is 0 Å². The Morgan fingerprint density at radius 1 is 0.781 bits per heavy atom. The van der Waals surface area contributed by atoms with Crippen molar-refractivity contribution in [3.63, 3.8) is 0 Å². The van der Waals surface area contributed by atoms with Crippen molar-refractivity contribution >= 4 is 26.3 Å². The fourth-order valence-corrected chi connectivity index (χ4v) is 3.59. The summed E-state index contributed by atoms with van der Waals surface area (Å²) in [6, 6.07) is 6.18. The van der Waals surface area contributed by atoms with Gasteiger partial charge >= 0.3 is 31.3 Å². The third-order valence-electron chi connectivity index (χ3n) is 4.12. The number of benzene rings is 1. The number of hydrogen-bond donors (Lipinski definition) is 0. The van der Waals surface area contributed by atoms with Crippen LogP contribution in [0.2, 0.25) is 0 Å². The number of halogens is 6. The number of fused-ring (bicyclic) bond motifs is 1. The molecular weight excluding hydrogens is 492 g/mol. The summed E-state index contributed by atoms with van der Waals surface area (Å²) in [5.41, 5.74) is -9.51. The molecule has 1 aliphatic rings. The van der Waals surface area contributed by atoms with Gasteiger partial charge in [-0.05, 0) is 35.7 Å². The maximum absolute atomic E-state index is 12.4.